The van der Waals surface area contributed by atoms with E-state index in [0.29, 0.717) is 0 Å². The quantitative estimate of drug-likeness (QED) is 0.255. The largest absolute Gasteiger partial charge is 3.00 e. The second-order valence-electron chi connectivity index (χ2n) is 0.816. The van der Waals surface area contributed by atoms with Crippen LogP contribution in [0, 0.1) is 0 Å². The third kappa shape index (κ3) is 1650. The van der Waals surface area contributed by atoms with Crippen molar-refractivity contribution in [3.05, 3.63) is 0 Å². The van der Waals surface area contributed by atoms with E-state index in [0.717, 1.165) is 0 Å². The fraction of sp³-hybridized carbons (Fsp3) is 0. The maximum Gasteiger partial charge on any atom is 3.00 e. The number of hydrogen-bond donors (Lipinski definition) is 0. The average Bonchev–Trinajstić information content (AvgIpc) is 1.12. The first-order valence-electron chi connectivity index (χ1n) is 1.33. The Balaban J connectivity index is -0.0000000457. The summed E-state index contributed by atoms with van der Waals surface area (Å²) in [5.74, 6) is 0. The summed E-state index contributed by atoms with van der Waals surface area (Å²) in [5.41, 5.74) is 0. The Morgan fingerprint density at radius 2 is 0.667 bits per heavy atom. The van der Waals surface area contributed by atoms with Gasteiger partial charge in [-0.25, -0.2) is 0 Å². The molecular weight excluding hydrogens is 275 g/mol. The molecule has 0 aliphatic heterocycles. The minimum absolute atomic E-state index is 0. The molecule has 0 heterocycles. The van der Waals surface area contributed by atoms with Crippen molar-refractivity contribution in [3.63, 3.8) is 0 Å². The predicted molar refractivity (Wildman–Crippen MR) is 26.7 cm³/mol. The van der Waals surface area contributed by atoms with Crippen molar-refractivity contribution < 1.29 is 52.1 Å². The molecule has 0 N–H and O–H groups in total. The maximum absolute atomic E-state index is 8.52. The average molecular weight is 275 g/mol. The summed E-state index contributed by atoms with van der Waals surface area (Å²) in [6, 6.07) is 0. The van der Waals surface area contributed by atoms with E-state index in [4.69, 9.17) is 35.0 Å². The van der Waals surface area contributed by atoms with Gasteiger partial charge in [-0.05, 0) is 0 Å². The minimum Gasteiger partial charge on any atom is -0.759 e. The van der Waals surface area contributed by atoms with Crippen molar-refractivity contribution in [1.82, 2.24) is 0 Å². The van der Waals surface area contributed by atoms with Gasteiger partial charge < -0.3 is 18.2 Å². The second kappa shape index (κ2) is 8.39. The molecule has 0 saturated heterocycles. The molecule has 0 radical (unpaired) electrons. The predicted octanol–water partition coefficient (Wildman–Crippen LogP) is -3.06. The van der Waals surface area contributed by atoms with Crippen LogP contribution in [0.1, 0.15) is 0 Å². The fourth-order valence-corrected chi connectivity index (χ4v) is 0. The van der Waals surface area contributed by atoms with Gasteiger partial charge in [0.15, 0.2) is 0 Å². The van der Waals surface area contributed by atoms with E-state index in [1.807, 2.05) is 0 Å². The number of hydrogen-bond acceptors (Lipinski definition) is 8. The zero-order valence-corrected chi connectivity index (χ0v) is 8.91. The van der Waals surface area contributed by atoms with E-state index in [-0.39, 0.29) is 34.4 Å². The zero-order chi connectivity index (χ0) is 9.00. The molecular formula is AlFeO8S2+. The molecule has 0 fully saturated rings. The first kappa shape index (κ1) is 23.0. The van der Waals surface area contributed by atoms with Crippen molar-refractivity contribution in [3.8, 4) is 0 Å². The summed E-state index contributed by atoms with van der Waals surface area (Å²) in [5, 5.41) is 0. The molecule has 0 aromatic heterocycles. The van der Waals surface area contributed by atoms with Crippen LogP contribution in [-0.4, -0.2) is 52.4 Å². The Labute approximate surface area is 90.1 Å². The molecule has 8 nitrogen and oxygen atoms in total. The molecule has 0 bridgehead atoms. The van der Waals surface area contributed by atoms with Gasteiger partial charge in [-0.1, -0.05) is 0 Å². The number of rotatable bonds is 0. The molecule has 0 spiro atoms. The van der Waals surface area contributed by atoms with Crippen LogP contribution in [0.25, 0.3) is 0 Å². The summed E-state index contributed by atoms with van der Waals surface area (Å²) in [6.45, 7) is 0. The SMILES string of the molecule is O=S(=O)([O-])[O-].O=S(=O)([O-])[O-].[Al+3].[Fe+2]. The molecule has 0 atom stereocenters. The summed E-state index contributed by atoms with van der Waals surface area (Å²) in [7, 11) is -10.3. The Morgan fingerprint density at radius 3 is 0.667 bits per heavy atom. The van der Waals surface area contributed by atoms with E-state index in [1.54, 1.807) is 0 Å². The normalized spacial score (nSPS) is 9.67. The smallest absolute Gasteiger partial charge is 0.759 e. The van der Waals surface area contributed by atoms with E-state index >= 15 is 0 Å². The van der Waals surface area contributed by atoms with Gasteiger partial charge in [0.2, 0.25) is 0 Å². The van der Waals surface area contributed by atoms with Crippen LogP contribution in [0.5, 0.6) is 0 Å². The minimum atomic E-state index is -5.17. The third-order valence-electron chi connectivity index (χ3n) is 0. The fourth-order valence-electron chi connectivity index (χ4n) is 0. The molecule has 0 amide bonds. The van der Waals surface area contributed by atoms with Gasteiger partial charge in [0.1, 0.15) is 0 Å². The van der Waals surface area contributed by atoms with Gasteiger partial charge in [0.05, 0.1) is 0 Å². The van der Waals surface area contributed by atoms with Crippen LogP contribution in [0.4, 0.5) is 0 Å². The molecule has 0 aliphatic carbocycles. The zero-order valence-electron chi connectivity index (χ0n) is 5.01. The Bertz CT molecular complexity index is 213. The van der Waals surface area contributed by atoms with Gasteiger partial charge in [-0.15, -0.1) is 0 Å². The van der Waals surface area contributed by atoms with Crippen LogP contribution in [0.15, 0.2) is 0 Å². The van der Waals surface area contributed by atoms with Crippen LogP contribution in [0.3, 0.4) is 0 Å². The first-order chi connectivity index (χ1) is 4.00. The van der Waals surface area contributed by atoms with Crippen LogP contribution in [0.2, 0.25) is 0 Å². The Hall–Kier alpha value is 0.792. The molecule has 70 valence electrons. The van der Waals surface area contributed by atoms with E-state index in [1.165, 1.54) is 0 Å². The van der Waals surface area contributed by atoms with Gasteiger partial charge in [0.25, 0.3) is 0 Å². The Morgan fingerprint density at radius 1 is 0.667 bits per heavy atom. The monoisotopic (exact) mass is 275 g/mol. The van der Waals surface area contributed by atoms with Gasteiger partial charge >= 0.3 is 34.4 Å². The molecule has 0 aromatic rings. The van der Waals surface area contributed by atoms with Crippen molar-refractivity contribution >= 4 is 38.2 Å². The van der Waals surface area contributed by atoms with Gasteiger partial charge in [-0.2, -0.15) is 0 Å². The van der Waals surface area contributed by atoms with Crippen molar-refractivity contribution in [1.29, 1.82) is 0 Å². The van der Waals surface area contributed by atoms with Crippen molar-refractivity contribution in [2.75, 3.05) is 0 Å². The topological polar surface area (TPSA) is 161 Å². The molecule has 0 aromatic carbocycles. The molecule has 0 saturated carbocycles. The molecule has 12 heavy (non-hydrogen) atoms. The molecule has 0 rings (SSSR count). The van der Waals surface area contributed by atoms with Crippen LogP contribution >= 0.6 is 0 Å². The van der Waals surface area contributed by atoms with E-state index in [9.17, 15) is 0 Å². The van der Waals surface area contributed by atoms with E-state index < -0.39 is 20.8 Å². The van der Waals surface area contributed by atoms with Crippen LogP contribution in [-0.2, 0) is 37.9 Å². The van der Waals surface area contributed by atoms with E-state index in [2.05, 4.69) is 0 Å². The molecule has 0 unspecified atom stereocenters. The van der Waals surface area contributed by atoms with Crippen LogP contribution < -0.4 is 0 Å². The summed E-state index contributed by atoms with van der Waals surface area (Å²) in [6.07, 6.45) is 0. The Kier molecular flexibility index (Phi) is 16.1. The van der Waals surface area contributed by atoms with Crippen molar-refractivity contribution in [2.45, 2.75) is 0 Å². The maximum atomic E-state index is 8.52. The first-order valence-corrected chi connectivity index (χ1v) is 4.00. The van der Waals surface area contributed by atoms with Gasteiger partial charge in [-0.3, -0.25) is 16.8 Å². The molecule has 0 aliphatic rings. The summed E-state index contributed by atoms with van der Waals surface area (Å²) >= 11 is 0. The summed E-state index contributed by atoms with van der Waals surface area (Å²) < 4.78 is 68.2. The summed E-state index contributed by atoms with van der Waals surface area (Å²) in [4.78, 5) is 0. The third-order valence-corrected chi connectivity index (χ3v) is 0. The van der Waals surface area contributed by atoms with Crippen molar-refractivity contribution in [2.24, 2.45) is 0 Å². The molecule has 12 heteroatoms. The standard InChI is InChI=1S/Al.Fe.2H2O4S/c;;2*1-5(2,3)4/h;;2*(H2,1,2,3,4)/q+3;+2;;/p-4. The second-order valence-corrected chi connectivity index (χ2v) is 2.45. The van der Waals surface area contributed by atoms with Gasteiger partial charge in [0, 0.05) is 20.8 Å².